The van der Waals surface area contributed by atoms with Crippen LogP contribution in [0.5, 0.6) is 0 Å². The highest BCUT2D eigenvalue weighted by Gasteiger charge is 2.50. The van der Waals surface area contributed by atoms with Crippen molar-refractivity contribution in [2.45, 2.75) is 46.5 Å². The summed E-state index contributed by atoms with van der Waals surface area (Å²) in [6, 6.07) is 0. The SMILES string of the molecule is CC1=C(c2cnc(NCC(C)C)cn2)C2(CC1)CC2. The summed E-state index contributed by atoms with van der Waals surface area (Å²) in [7, 11) is 0. The maximum Gasteiger partial charge on any atom is 0.144 e. The Hall–Kier alpha value is -1.38. The fraction of sp³-hybridized carbons (Fsp3) is 0.625. The van der Waals surface area contributed by atoms with Crippen LogP contribution in [0.3, 0.4) is 0 Å². The van der Waals surface area contributed by atoms with Crippen LogP contribution in [-0.2, 0) is 0 Å². The van der Waals surface area contributed by atoms with Crippen molar-refractivity contribution < 1.29 is 0 Å². The first kappa shape index (κ1) is 12.6. The summed E-state index contributed by atoms with van der Waals surface area (Å²) in [5.41, 5.74) is 4.60. The van der Waals surface area contributed by atoms with Crippen molar-refractivity contribution in [3.05, 3.63) is 23.7 Å². The van der Waals surface area contributed by atoms with E-state index in [-0.39, 0.29) is 0 Å². The molecule has 0 saturated heterocycles. The second-order valence-corrected chi connectivity index (χ2v) is 6.50. The van der Waals surface area contributed by atoms with Crippen molar-refractivity contribution >= 4 is 11.4 Å². The lowest BCUT2D eigenvalue weighted by atomic mass is 9.95. The molecule has 1 heterocycles. The molecule has 2 aliphatic carbocycles. The Kier molecular flexibility index (Phi) is 3.08. The molecular weight excluding hydrogens is 234 g/mol. The number of nitrogens with one attached hydrogen (secondary N) is 1. The Morgan fingerprint density at radius 2 is 2.00 bits per heavy atom. The molecule has 0 unspecified atom stereocenters. The second-order valence-electron chi connectivity index (χ2n) is 6.50. The lowest BCUT2D eigenvalue weighted by Gasteiger charge is -2.13. The minimum Gasteiger partial charge on any atom is -0.369 e. The van der Waals surface area contributed by atoms with Crippen LogP contribution < -0.4 is 5.32 Å². The Labute approximate surface area is 115 Å². The minimum atomic E-state index is 0.478. The molecule has 1 fully saturated rings. The number of aromatic nitrogens is 2. The summed E-state index contributed by atoms with van der Waals surface area (Å²) >= 11 is 0. The van der Waals surface area contributed by atoms with Crippen molar-refractivity contribution in [1.82, 2.24) is 9.97 Å². The van der Waals surface area contributed by atoms with Crippen LogP contribution in [0.4, 0.5) is 5.82 Å². The molecule has 3 rings (SSSR count). The summed E-state index contributed by atoms with van der Waals surface area (Å²) in [5, 5.41) is 3.32. The largest absolute Gasteiger partial charge is 0.369 e. The highest BCUT2D eigenvalue weighted by Crippen LogP contribution is 2.63. The summed E-state index contributed by atoms with van der Waals surface area (Å²) in [4.78, 5) is 9.16. The fourth-order valence-electron chi connectivity index (χ4n) is 3.13. The molecule has 0 radical (unpaired) electrons. The molecule has 102 valence electrons. The van der Waals surface area contributed by atoms with Gasteiger partial charge in [0.1, 0.15) is 5.82 Å². The summed E-state index contributed by atoms with van der Waals surface area (Å²) in [6.45, 7) is 7.59. The molecule has 3 nitrogen and oxygen atoms in total. The molecule has 0 aromatic carbocycles. The Balaban J connectivity index is 1.78. The van der Waals surface area contributed by atoms with Gasteiger partial charge in [-0.2, -0.15) is 0 Å². The molecule has 0 atom stereocenters. The zero-order valence-corrected chi connectivity index (χ0v) is 12.2. The predicted octanol–water partition coefficient (Wildman–Crippen LogP) is 3.89. The van der Waals surface area contributed by atoms with Gasteiger partial charge in [0.2, 0.25) is 0 Å². The van der Waals surface area contributed by atoms with Crippen LogP contribution in [0.1, 0.15) is 52.1 Å². The first-order valence-electron chi connectivity index (χ1n) is 7.37. The summed E-state index contributed by atoms with van der Waals surface area (Å²) in [5.74, 6) is 1.51. The van der Waals surface area contributed by atoms with Gasteiger partial charge in [-0.3, -0.25) is 4.98 Å². The normalized spacial score (nSPS) is 20.4. The third-order valence-corrected chi connectivity index (χ3v) is 4.39. The molecule has 0 amide bonds. The van der Waals surface area contributed by atoms with Gasteiger partial charge in [0.25, 0.3) is 0 Å². The lowest BCUT2D eigenvalue weighted by Crippen LogP contribution is -2.10. The van der Waals surface area contributed by atoms with E-state index in [1.54, 1.807) is 0 Å². The maximum absolute atomic E-state index is 4.64. The smallest absolute Gasteiger partial charge is 0.144 e. The van der Waals surface area contributed by atoms with Crippen LogP contribution in [0.25, 0.3) is 5.57 Å². The van der Waals surface area contributed by atoms with Gasteiger partial charge in [0, 0.05) is 6.54 Å². The van der Waals surface area contributed by atoms with Crippen LogP contribution >= 0.6 is 0 Å². The van der Waals surface area contributed by atoms with Gasteiger partial charge in [-0.05, 0) is 49.5 Å². The highest BCUT2D eigenvalue weighted by molar-refractivity contribution is 5.75. The van der Waals surface area contributed by atoms with E-state index < -0.39 is 0 Å². The molecule has 0 bridgehead atoms. The number of rotatable bonds is 4. The van der Waals surface area contributed by atoms with E-state index in [4.69, 9.17) is 0 Å². The van der Waals surface area contributed by atoms with E-state index in [2.05, 4.69) is 36.1 Å². The average molecular weight is 257 g/mol. The van der Waals surface area contributed by atoms with Gasteiger partial charge in [-0.1, -0.05) is 19.4 Å². The Morgan fingerprint density at radius 3 is 2.58 bits per heavy atom. The number of hydrogen-bond donors (Lipinski definition) is 1. The van der Waals surface area contributed by atoms with Crippen LogP contribution in [0.2, 0.25) is 0 Å². The summed E-state index contributed by atoms with van der Waals surface area (Å²) in [6.07, 6.45) is 9.08. The number of allylic oxidation sites excluding steroid dienone is 2. The lowest BCUT2D eigenvalue weighted by molar-refractivity contribution is 0.642. The third kappa shape index (κ3) is 2.38. The van der Waals surface area contributed by atoms with Crippen molar-refractivity contribution in [2.75, 3.05) is 11.9 Å². The van der Waals surface area contributed by atoms with E-state index in [9.17, 15) is 0 Å². The topological polar surface area (TPSA) is 37.8 Å². The van der Waals surface area contributed by atoms with Crippen molar-refractivity contribution in [3.63, 3.8) is 0 Å². The van der Waals surface area contributed by atoms with Crippen molar-refractivity contribution in [3.8, 4) is 0 Å². The molecule has 1 saturated carbocycles. The number of nitrogens with zero attached hydrogens (tertiary/aromatic N) is 2. The van der Waals surface area contributed by atoms with E-state index >= 15 is 0 Å². The number of hydrogen-bond acceptors (Lipinski definition) is 3. The first-order chi connectivity index (χ1) is 9.11. The highest BCUT2D eigenvalue weighted by atomic mass is 15.0. The molecule has 1 aromatic heterocycles. The Bertz CT molecular complexity index is 495. The van der Waals surface area contributed by atoms with Crippen LogP contribution in [-0.4, -0.2) is 16.5 Å². The van der Waals surface area contributed by atoms with E-state index in [1.807, 2.05) is 12.4 Å². The van der Waals surface area contributed by atoms with E-state index in [1.165, 1.54) is 36.8 Å². The maximum atomic E-state index is 4.64. The van der Waals surface area contributed by atoms with E-state index in [0.29, 0.717) is 11.3 Å². The van der Waals surface area contributed by atoms with Gasteiger partial charge in [0.05, 0.1) is 18.1 Å². The quantitative estimate of drug-likeness (QED) is 0.889. The summed E-state index contributed by atoms with van der Waals surface area (Å²) < 4.78 is 0. The zero-order valence-electron chi connectivity index (χ0n) is 12.2. The van der Waals surface area contributed by atoms with Gasteiger partial charge in [-0.15, -0.1) is 0 Å². The monoisotopic (exact) mass is 257 g/mol. The van der Waals surface area contributed by atoms with Crippen LogP contribution in [0, 0.1) is 11.3 Å². The van der Waals surface area contributed by atoms with Gasteiger partial charge in [0.15, 0.2) is 0 Å². The molecule has 1 spiro atoms. The van der Waals surface area contributed by atoms with E-state index in [0.717, 1.165) is 18.1 Å². The molecule has 1 N–H and O–H groups in total. The predicted molar refractivity (Wildman–Crippen MR) is 78.9 cm³/mol. The molecular formula is C16H23N3. The molecule has 3 heteroatoms. The zero-order chi connectivity index (χ0) is 13.5. The van der Waals surface area contributed by atoms with Crippen molar-refractivity contribution in [2.24, 2.45) is 11.3 Å². The Morgan fingerprint density at radius 1 is 1.21 bits per heavy atom. The molecule has 2 aliphatic rings. The first-order valence-corrected chi connectivity index (χ1v) is 7.37. The second kappa shape index (κ2) is 4.62. The van der Waals surface area contributed by atoms with Gasteiger partial charge < -0.3 is 5.32 Å². The fourth-order valence-corrected chi connectivity index (χ4v) is 3.13. The molecule has 0 aliphatic heterocycles. The minimum absolute atomic E-state index is 0.478. The molecule has 19 heavy (non-hydrogen) atoms. The third-order valence-electron chi connectivity index (χ3n) is 4.39. The van der Waals surface area contributed by atoms with Gasteiger partial charge >= 0.3 is 0 Å². The average Bonchev–Trinajstić information content (AvgIpc) is 3.09. The number of anilines is 1. The van der Waals surface area contributed by atoms with Crippen LogP contribution in [0.15, 0.2) is 18.0 Å². The van der Waals surface area contributed by atoms with Crippen molar-refractivity contribution in [1.29, 1.82) is 0 Å². The van der Waals surface area contributed by atoms with Gasteiger partial charge in [-0.25, -0.2) is 4.98 Å². The standard InChI is InChI=1S/C16H23N3/c1-11(2)8-18-14-10-17-13(9-19-14)15-12(3)4-5-16(15)6-7-16/h9-11H,4-8H2,1-3H3,(H,18,19). The molecule has 1 aromatic rings.